The van der Waals surface area contributed by atoms with Crippen LogP contribution < -0.4 is 10.1 Å². The van der Waals surface area contributed by atoms with Crippen LogP contribution in [0.1, 0.15) is 17.5 Å². The van der Waals surface area contributed by atoms with Crippen molar-refractivity contribution in [3.8, 4) is 5.75 Å². The zero-order valence-electron chi connectivity index (χ0n) is 12.2. The molecule has 0 radical (unpaired) electrons. The highest BCUT2D eigenvalue weighted by Gasteiger charge is 2.14. The Labute approximate surface area is 149 Å². The van der Waals surface area contributed by atoms with Crippen molar-refractivity contribution in [2.45, 2.75) is 19.3 Å². The topological polar surface area (TPSA) is 38.3 Å². The van der Waals surface area contributed by atoms with Crippen LogP contribution in [0.2, 0.25) is 15.1 Å². The Morgan fingerprint density at radius 2 is 1.74 bits per heavy atom. The molecule has 0 aliphatic heterocycles. The van der Waals surface area contributed by atoms with Crippen LogP contribution in [-0.2, 0) is 17.6 Å². The summed E-state index contributed by atoms with van der Waals surface area (Å²) >= 11 is 17.9. The van der Waals surface area contributed by atoms with Crippen LogP contribution in [0.15, 0.2) is 30.3 Å². The third kappa shape index (κ3) is 3.92. The number of nitrogens with one attached hydrogen (secondary N) is 1. The Hall–Kier alpha value is -1.42. The Kier molecular flexibility index (Phi) is 5.00. The highest BCUT2D eigenvalue weighted by atomic mass is 35.5. The Morgan fingerprint density at radius 3 is 2.48 bits per heavy atom. The fourth-order valence-electron chi connectivity index (χ4n) is 2.62. The van der Waals surface area contributed by atoms with E-state index in [1.807, 2.05) is 12.1 Å². The summed E-state index contributed by atoms with van der Waals surface area (Å²) in [7, 11) is 0. The number of aryl methyl sites for hydroxylation is 2. The molecule has 0 bridgehead atoms. The predicted molar refractivity (Wildman–Crippen MR) is 94.1 cm³/mol. The maximum atomic E-state index is 12.0. The molecule has 3 rings (SSSR count). The number of amides is 1. The van der Waals surface area contributed by atoms with Gasteiger partial charge in [-0.1, -0.05) is 40.9 Å². The van der Waals surface area contributed by atoms with E-state index in [2.05, 4.69) is 11.4 Å². The number of carbonyl (C=O) groups is 1. The number of benzene rings is 2. The number of rotatable bonds is 4. The first-order chi connectivity index (χ1) is 11.0. The normalized spacial score (nSPS) is 12.8. The molecule has 0 atom stereocenters. The van der Waals surface area contributed by atoms with Crippen LogP contribution in [0.3, 0.4) is 0 Å². The van der Waals surface area contributed by atoms with Gasteiger partial charge in [0.1, 0.15) is 5.75 Å². The average Bonchev–Trinajstić information content (AvgIpc) is 2.96. The number of fused-ring (bicyclic) bond motifs is 1. The van der Waals surface area contributed by atoms with Crippen LogP contribution >= 0.6 is 34.8 Å². The largest absolute Gasteiger partial charge is 0.484 e. The molecule has 0 fully saturated rings. The third-order valence-electron chi connectivity index (χ3n) is 3.71. The fourth-order valence-corrected chi connectivity index (χ4v) is 3.54. The fraction of sp³-hybridized carbons (Fsp3) is 0.235. The van der Waals surface area contributed by atoms with Gasteiger partial charge in [0.05, 0.1) is 15.7 Å². The molecule has 3 nitrogen and oxygen atoms in total. The number of halogens is 3. The summed E-state index contributed by atoms with van der Waals surface area (Å²) in [5.74, 6) is 0.353. The molecule has 1 aliphatic carbocycles. The molecule has 1 N–H and O–H groups in total. The van der Waals surface area contributed by atoms with Gasteiger partial charge in [0.2, 0.25) is 0 Å². The molecule has 2 aromatic rings. The van der Waals surface area contributed by atoms with Gasteiger partial charge in [0, 0.05) is 5.02 Å². The first-order valence-electron chi connectivity index (χ1n) is 7.22. The summed E-state index contributed by atoms with van der Waals surface area (Å²) in [5, 5.41) is 3.62. The van der Waals surface area contributed by atoms with Crippen molar-refractivity contribution in [2.24, 2.45) is 0 Å². The third-order valence-corrected chi connectivity index (χ3v) is 4.53. The maximum Gasteiger partial charge on any atom is 0.262 e. The lowest BCUT2D eigenvalue weighted by atomic mass is 10.1. The summed E-state index contributed by atoms with van der Waals surface area (Å²) in [5.41, 5.74) is 2.99. The number of hydrogen-bond acceptors (Lipinski definition) is 2. The lowest BCUT2D eigenvalue weighted by molar-refractivity contribution is -0.118. The molecule has 0 saturated carbocycles. The van der Waals surface area contributed by atoms with Crippen LogP contribution in [0.4, 0.5) is 5.69 Å². The summed E-state index contributed by atoms with van der Waals surface area (Å²) in [4.78, 5) is 12.0. The minimum atomic E-state index is -0.336. The van der Waals surface area contributed by atoms with Crippen LogP contribution in [0.5, 0.6) is 5.75 Å². The molecule has 0 spiro atoms. The second-order valence-corrected chi connectivity index (χ2v) is 6.62. The van der Waals surface area contributed by atoms with Crippen LogP contribution in [-0.4, -0.2) is 12.5 Å². The van der Waals surface area contributed by atoms with E-state index in [0.717, 1.165) is 12.8 Å². The molecule has 23 heavy (non-hydrogen) atoms. The van der Waals surface area contributed by atoms with Crippen molar-refractivity contribution in [3.63, 3.8) is 0 Å². The van der Waals surface area contributed by atoms with Crippen LogP contribution in [0.25, 0.3) is 0 Å². The first kappa shape index (κ1) is 16.4. The van der Waals surface area contributed by atoms with Gasteiger partial charge in [-0.2, -0.15) is 0 Å². The molecule has 0 saturated heterocycles. The summed E-state index contributed by atoms with van der Waals surface area (Å²) in [6.45, 7) is -0.117. The smallest absolute Gasteiger partial charge is 0.262 e. The van der Waals surface area contributed by atoms with E-state index in [-0.39, 0.29) is 22.6 Å². The number of carbonyl (C=O) groups excluding carboxylic acids is 1. The molecule has 2 aromatic carbocycles. The summed E-state index contributed by atoms with van der Waals surface area (Å²) in [6, 6.07) is 8.98. The first-order valence-corrected chi connectivity index (χ1v) is 8.35. The zero-order chi connectivity index (χ0) is 16.4. The molecule has 0 unspecified atom stereocenters. The van der Waals surface area contributed by atoms with Gasteiger partial charge in [-0.05, 0) is 54.7 Å². The Bertz CT molecular complexity index is 738. The number of hydrogen-bond donors (Lipinski definition) is 1. The lowest BCUT2D eigenvalue weighted by Gasteiger charge is -2.11. The van der Waals surface area contributed by atoms with E-state index in [1.165, 1.54) is 29.7 Å². The van der Waals surface area contributed by atoms with Gasteiger partial charge in [-0.15, -0.1) is 0 Å². The molecular formula is C17H14Cl3NO2. The van der Waals surface area contributed by atoms with E-state index in [9.17, 15) is 4.79 Å². The lowest BCUT2D eigenvalue weighted by Crippen LogP contribution is -2.20. The van der Waals surface area contributed by atoms with E-state index in [0.29, 0.717) is 16.5 Å². The van der Waals surface area contributed by atoms with Crippen molar-refractivity contribution in [3.05, 3.63) is 56.5 Å². The highest BCUT2D eigenvalue weighted by Crippen LogP contribution is 2.33. The van der Waals surface area contributed by atoms with Gasteiger partial charge in [-0.25, -0.2) is 0 Å². The molecule has 0 heterocycles. The Balaban J connectivity index is 1.62. The minimum absolute atomic E-state index is 0.117. The molecule has 1 aliphatic rings. The van der Waals surface area contributed by atoms with E-state index >= 15 is 0 Å². The SMILES string of the molecule is O=C(COc1ccc2c(c1)CCC2)Nc1c(Cl)cc(Cl)cc1Cl. The standard InChI is InChI=1S/C17H14Cl3NO2/c18-12-7-14(19)17(15(20)8-12)21-16(22)9-23-13-5-4-10-2-1-3-11(10)6-13/h4-8H,1-3,9H2,(H,21,22). The zero-order valence-corrected chi connectivity index (χ0v) is 14.4. The predicted octanol–water partition coefficient (Wildman–Crippen LogP) is 5.15. The van der Waals surface area contributed by atoms with Gasteiger partial charge < -0.3 is 10.1 Å². The van der Waals surface area contributed by atoms with Crippen molar-refractivity contribution in [1.82, 2.24) is 0 Å². The second kappa shape index (κ2) is 7.00. The summed E-state index contributed by atoms with van der Waals surface area (Å²) in [6.07, 6.45) is 3.35. The maximum absolute atomic E-state index is 12.0. The minimum Gasteiger partial charge on any atom is -0.484 e. The van der Waals surface area contributed by atoms with E-state index < -0.39 is 0 Å². The quantitative estimate of drug-likeness (QED) is 0.808. The van der Waals surface area contributed by atoms with Crippen molar-refractivity contribution in [1.29, 1.82) is 0 Å². The van der Waals surface area contributed by atoms with Gasteiger partial charge in [0.25, 0.3) is 5.91 Å². The van der Waals surface area contributed by atoms with Gasteiger partial charge in [0.15, 0.2) is 6.61 Å². The van der Waals surface area contributed by atoms with Gasteiger partial charge in [-0.3, -0.25) is 4.79 Å². The number of anilines is 1. The molecule has 6 heteroatoms. The second-order valence-electron chi connectivity index (χ2n) is 5.37. The summed E-state index contributed by atoms with van der Waals surface area (Å²) < 4.78 is 5.54. The molecular weight excluding hydrogens is 357 g/mol. The molecule has 1 amide bonds. The van der Waals surface area contributed by atoms with E-state index in [1.54, 1.807) is 0 Å². The molecule has 120 valence electrons. The monoisotopic (exact) mass is 369 g/mol. The van der Waals surface area contributed by atoms with Crippen molar-refractivity contribution < 1.29 is 9.53 Å². The van der Waals surface area contributed by atoms with Crippen LogP contribution in [0, 0.1) is 0 Å². The average molecular weight is 371 g/mol. The van der Waals surface area contributed by atoms with Crippen molar-refractivity contribution in [2.75, 3.05) is 11.9 Å². The van der Waals surface area contributed by atoms with Crippen molar-refractivity contribution >= 4 is 46.4 Å². The van der Waals surface area contributed by atoms with E-state index in [4.69, 9.17) is 39.5 Å². The number of ether oxygens (including phenoxy) is 1. The Morgan fingerprint density at radius 1 is 1.04 bits per heavy atom. The van der Waals surface area contributed by atoms with Gasteiger partial charge >= 0.3 is 0 Å². The highest BCUT2D eigenvalue weighted by molar-refractivity contribution is 6.42. The molecule has 0 aromatic heterocycles.